The van der Waals surface area contributed by atoms with E-state index in [1.54, 1.807) is 39.0 Å². The molecule has 0 radical (unpaired) electrons. The van der Waals surface area contributed by atoms with Gasteiger partial charge in [0.05, 0.1) is 40.0 Å². The fourth-order valence-corrected chi connectivity index (χ4v) is 9.47. The maximum absolute atomic E-state index is 13.5. The Morgan fingerprint density at radius 2 is 1.73 bits per heavy atom. The quantitative estimate of drug-likeness (QED) is 0.151. The summed E-state index contributed by atoms with van der Waals surface area (Å²) in [5, 5.41) is 12.0. The normalized spacial score (nSPS) is 16.7. The molecule has 2 fully saturated rings. The van der Waals surface area contributed by atoms with E-state index in [1.807, 2.05) is 30.1 Å². The van der Waals surface area contributed by atoms with Crippen LogP contribution in [-0.4, -0.2) is 50.2 Å². The van der Waals surface area contributed by atoms with Crippen LogP contribution < -0.4 is 20.7 Å². The summed E-state index contributed by atoms with van der Waals surface area (Å²) in [5.74, 6) is 2.11. The molecule has 3 heterocycles. The number of hydrogen-bond donors (Lipinski definition) is 2. The number of nitrogens with zero attached hydrogens (tertiary/aromatic N) is 6. The van der Waals surface area contributed by atoms with Gasteiger partial charge < -0.3 is 19.9 Å². The van der Waals surface area contributed by atoms with Gasteiger partial charge in [-0.3, -0.25) is 14.6 Å². The first-order valence-electron chi connectivity index (χ1n) is 16.7. The Hall–Kier alpha value is -3.82. The molecule has 3 aromatic heterocycles. The maximum atomic E-state index is 13.5. The van der Waals surface area contributed by atoms with E-state index in [9.17, 15) is 4.57 Å². The Morgan fingerprint density at radius 3 is 2.44 bits per heavy atom. The molecule has 0 amide bonds. The lowest BCUT2D eigenvalue weighted by molar-refractivity contribution is 0.114. The van der Waals surface area contributed by atoms with Crippen molar-refractivity contribution in [1.29, 1.82) is 0 Å². The van der Waals surface area contributed by atoms with Crippen LogP contribution in [0.5, 0.6) is 5.75 Å². The molecule has 0 bridgehead atoms. The second-order valence-corrected chi connectivity index (χ2v) is 17.8. The molecule has 250 valence electrons. The molecular formula is C36H42BrN8O2P. The average Bonchev–Trinajstić information content (AvgIpc) is 3.52. The standard InChI is InChI=1S/C36H42BrN8O2P/c1-45-22-24(20-41-45)25-18-30(31(47-2)19-26(25)23-10-14-36(15-11-23)12-6-5-7-13-36)43-35-40-21-27(37)34(44-35)42-29-9-8-28-32(39-17-16-38-28)33(29)48(3,4)46/h8-9,16-23H,5-7,10-15H2,1-4H3,(H2,40,42,43,44). The van der Waals surface area contributed by atoms with Gasteiger partial charge in [-0.1, -0.05) is 19.3 Å². The van der Waals surface area contributed by atoms with Crippen molar-refractivity contribution in [3.05, 3.63) is 65.3 Å². The predicted octanol–water partition coefficient (Wildman–Crippen LogP) is 8.93. The van der Waals surface area contributed by atoms with Gasteiger partial charge in [0.25, 0.3) is 0 Å². The molecular weight excluding hydrogens is 687 g/mol. The molecule has 0 atom stereocenters. The highest BCUT2D eigenvalue weighted by atomic mass is 79.9. The first-order valence-corrected chi connectivity index (χ1v) is 20.1. The molecule has 0 saturated heterocycles. The van der Waals surface area contributed by atoms with E-state index in [0.717, 1.165) is 22.6 Å². The van der Waals surface area contributed by atoms with Gasteiger partial charge in [-0.2, -0.15) is 10.1 Å². The summed E-state index contributed by atoms with van der Waals surface area (Å²) < 4.78 is 22.0. The van der Waals surface area contributed by atoms with Gasteiger partial charge in [-0.15, -0.1) is 0 Å². The van der Waals surface area contributed by atoms with Crippen molar-refractivity contribution < 1.29 is 9.30 Å². The van der Waals surface area contributed by atoms with Crippen LogP contribution >= 0.6 is 23.1 Å². The fraction of sp³-hybridized carbons (Fsp3) is 0.417. The molecule has 12 heteroatoms. The van der Waals surface area contributed by atoms with E-state index in [1.165, 1.54) is 63.4 Å². The highest BCUT2D eigenvalue weighted by molar-refractivity contribution is 9.10. The van der Waals surface area contributed by atoms with Crippen molar-refractivity contribution in [2.24, 2.45) is 12.5 Å². The molecule has 2 N–H and O–H groups in total. The zero-order chi connectivity index (χ0) is 33.5. The molecule has 2 aliphatic rings. The van der Waals surface area contributed by atoms with Crippen molar-refractivity contribution in [3.63, 3.8) is 0 Å². The lowest BCUT2D eigenvalue weighted by Gasteiger charge is -2.43. The Labute approximate surface area is 290 Å². The van der Waals surface area contributed by atoms with Crippen molar-refractivity contribution in [1.82, 2.24) is 29.7 Å². The lowest BCUT2D eigenvalue weighted by atomic mass is 9.62. The predicted molar refractivity (Wildman–Crippen MR) is 197 cm³/mol. The number of methoxy groups -OCH3 is 1. The molecule has 48 heavy (non-hydrogen) atoms. The number of nitrogens with one attached hydrogen (secondary N) is 2. The van der Waals surface area contributed by atoms with Crippen LogP contribution in [0.3, 0.4) is 0 Å². The van der Waals surface area contributed by atoms with Crippen molar-refractivity contribution in [3.8, 4) is 16.9 Å². The lowest BCUT2D eigenvalue weighted by Crippen LogP contribution is -2.29. The van der Waals surface area contributed by atoms with Crippen LogP contribution in [0.4, 0.5) is 23.1 Å². The maximum Gasteiger partial charge on any atom is 0.229 e. The minimum absolute atomic E-state index is 0.388. The third-order valence-electron chi connectivity index (χ3n) is 10.2. The van der Waals surface area contributed by atoms with Crippen LogP contribution in [0.2, 0.25) is 0 Å². The summed E-state index contributed by atoms with van der Waals surface area (Å²) in [6, 6.07) is 8.09. The first kappa shape index (κ1) is 32.7. The average molecular weight is 730 g/mol. The molecule has 7 rings (SSSR count). The number of aromatic nitrogens is 6. The van der Waals surface area contributed by atoms with E-state index in [0.29, 0.717) is 49.6 Å². The molecule has 0 aliphatic heterocycles. The van der Waals surface area contributed by atoms with Crippen molar-refractivity contribution in [2.75, 3.05) is 31.1 Å². The smallest absolute Gasteiger partial charge is 0.229 e. The molecule has 5 aromatic rings. The number of rotatable bonds is 8. The molecule has 2 aliphatic carbocycles. The summed E-state index contributed by atoms with van der Waals surface area (Å²) in [7, 11) is 0.906. The van der Waals surface area contributed by atoms with Crippen LogP contribution in [0.1, 0.15) is 69.3 Å². The number of hydrogen-bond acceptors (Lipinski definition) is 9. The van der Waals surface area contributed by atoms with Crippen molar-refractivity contribution in [2.45, 2.75) is 63.7 Å². The molecule has 2 saturated carbocycles. The monoisotopic (exact) mass is 728 g/mol. The van der Waals surface area contributed by atoms with Crippen LogP contribution in [0.15, 0.2) is 59.7 Å². The van der Waals surface area contributed by atoms with Gasteiger partial charge in [0, 0.05) is 37.4 Å². The molecule has 10 nitrogen and oxygen atoms in total. The number of fused-ring (bicyclic) bond motifs is 1. The number of ether oxygens (including phenoxy) is 1. The van der Waals surface area contributed by atoms with Gasteiger partial charge in [0.15, 0.2) is 0 Å². The van der Waals surface area contributed by atoms with E-state index < -0.39 is 7.14 Å². The Balaban J connectivity index is 1.22. The zero-order valence-corrected chi connectivity index (χ0v) is 30.4. The SMILES string of the molecule is COc1cc(C2CCC3(CCCCC3)CC2)c(-c2cnn(C)c2)cc1Nc1ncc(Br)c(Nc2ccc3nccnc3c2P(C)(C)=O)n1. The van der Waals surface area contributed by atoms with Gasteiger partial charge in [-0.25, -0.2) is 4.98 Å². The summed E-state index contributed by atoms with van der Waals surface area (Å²) >= 11 is 3.60. The van der Waals surface area contributed by atoms with Gasteiger partial charge in [-0.05, 0) is 115 Å². The fourth-order valence-electron chi connectivity index (χ4n) is 7.78. The van der Waals surface area contributed by atoms with E-state index in [2.05, 4.69) is 64.9 Å². The second kappa shape index (κ2) is 13.2. The van der Waals surface area contributed by atoms with Crippen LogP contribution in [-0.2, 0) is 11.6 Å². The molecule has 1 spiro atoms. The van der Waals surface area contributed by atoms with E-state index in [-0.39, 0.29) is 0 Å². The van der Waals surface area contributed by atoms with Gasteiger partial charge >= 0.3 is 0 Å². The first-order chi connectivity index (χ1) is 23.1. The van der Waals surface area contributed by atoms with E-state index in [4.69, 9.17) is 9.72 Å². The van der Waals surface area contributed by atoms with Crippen LogP contribution in [0, 0.1) is 5.41 Å². The number of halogens is 1. The minimum Gasteiger partial charge on any atom is -0.495 e. The summed E-state index contributed by atoms with van der Waals surface area (Å²) in [6.07, 6.45) is 20.9. The third-order valence-corrected chi connectivity index (χ3v) is 12.3. The zero-order valence-electron chi connectivity index (χ0n) is 28.0. The van der Waals surface area contributed by atoms with Crippen LogP contribution in [0.25, 0.3) is 22.2 Å². The highest BCUT2D eigenvalue weighted by Crippen LogP contribution is 2.53. The topological polar surface area (TPSA) is 120 Å². The summed E-state index contributed by atoms with van der Waals surface area (Å²) in [5.41, 5.74) is 6.80. The number of aryl methyl sites for hydroxylation is 1. The molecule has 2 aromatic carbocycles. The number of benzene rings is 2. The largest absolute Gasteiger partial charge is 0.495 e. The summed E-state index contributed by atoms with van der Waals surface area (Å²) in [6.45, 7) is 3.47. The minimum atomic E-state index is -2.75. The third kappa shape index (κ3) is 6.59. The van der Waals surface area contributed by atoms with Gasteiger partial charge in [0.1, 0.15) is 24.2 Å². The van der Waals surface area contributed by atoms with Gasteiger partial charge in [0.2, 0.25) is 5.95 Å². The Kier molecular flexibility index (Phi) is 9.02. The number of anilines is 4. The Morgan fingerprint density at radius 1 is 0.958 bits per heavy atom. The van der Waals surface area contributed by atoms with E-state index >= 15 is 0 Å². The highest BCUT2D eigenvalue weighted by Gasteiger charge is 2.37. The van der Waals surface area contributed by atoms with Crippen molar-refractivity contribution >= 4 is 62.6 Å². The molecule has 0 unspecified atom stereocenters. The Bertz CT molecular complexity index is 2010. The second-order valence-electron chi connectivity index (χ2n) is 13.8. The summed E-state index contributed by atoms with van der Waals surface area (Å²) in [4.78, 5) is 18.3.